The van der Waals surface area contributed by atoms with Crippen LogP contribution in [0.4, 0.5) is 10.1 Å². The van der Waals surface area contributed by atoms with Crippen LogP contribution >= 0.6 is 15.9 Å². The molecule has 0 aliphatic rings. The molecule has 2 N–H and O–H groups in total. The normalized spacial score (nSPS) is 10.7. The predicted molar refractivity (Wildman–Crippen MR) is 78.1 cm³/mol. The van der Waals surface area contributed by atoms with E-state index in [-0.39, 0.29) is 5.82 Å². The minimum Gasteiger partial charge on any atom is -0.437 e. The van der Waals surface area contributed by atoms with E-state index in [2.05, 4.69) is 25.9 Å². The first kappa shape index (κ1) is 12.8. The third-order valence-electron chi connectivity index (χ3n) is 2.72. The van der Waals surface area contributed by atoms with Crippen molar-refractivity contribution in [2.75, 3.05) is 5.73 Å². The fourth-order valence-corrected chi connectivity index (χ4v) is 2.23. The molecule has 0 aliphatic heterocycles. The lowest BCUT2D eigenvalue weighted by Crippen LogP contribution is -1.93. The zero-order chi connectivity index (χ0) is 14.1. The fraction of sp³-hybridized carbons (Fsp3) is 0. The number of fused-ring (bicyclic) bond motifs is 1. The summed E-state index contributed by atoms with van der Waals surface area (Å²) < 4.78 is 19.3. The summed E-state index contributed by atoms with van der Waals surface area (Å²) in [4.78, 5) is 8.25. The van der Waals surface area contributed by atoms with Crippen LogP contribution in [-0.2, 0) is 0 Å². The van der Waals surface area contributed by atoms with Gasteiger partial charge in [-0.3, -0.25) is 0 Å². The lowest BCUT2D eigenvalue weighted by Gasteiger charge is -2.09. The largest absolute Gasteiger partial charge is 0.437 e. The van der Waals surface area contributed by atoms with Gasteiger partial charge in [0.15, 0.2) is 0 Å². The van der Waals surface area contributed by atoms with Gasteiger partial charge in [-0.1, -0.05) is 0 Å². The second-order valence-electron chi connectivity index (χ2n) is 4.13. The van der Waals surface area contributed by atoms with Crippen LogP contribution in [0.3, 0.4) is 0 Å². The quantitative estimate of drug-likeness (QED) is 0.722. The third kappa shape index (κ3) is 2.42. The Morgan fingerprint density at radius 2 is 1.95 bits per heavy atom. The van der Waals surface area contributed by atoms with E-state index in [1.54, 1.807) is 18.2 Å². The van der Waals surface area contributed by atoms with Gasteiger partial charge in [0.25, 0.3) is 0 Å². The van der Waals surface area contributed by atoms with Crippen LogP contribution in [0, 0.1) is 5.82 Å². The lowest BCUT2D eigenvalue weighted by molar-refractivity contribution is 0.463. The average Bonchev–Trinajstić information content (AvgIpc) is 2.42. The Labute approximate surface area is 122 Å². The second kappa shape index (κ2) is 5.05. The molecule has 4 nitrogen and oxygen atoms in total. The maximum atomic E-state index is 13.1. The molecule has 100 valence electrons. The first-order valence-corrected chi connectivity index (χ1v) is 6.56. The van der Waals surface area contributed by atoms with Crippen LogP contribution in [-0.4, -0.2) is 9.97 Å². The summed E-state index contributed by atoms with van der Waals surface area (Å²) in [5.41, 5.74) is 7.08. The number of rotatable bonds is 2. The molecule has 0 amide bonds. The minimum absolute atomic E-state index is 0.346. The van der Waals surface area contributed by atoms with Gasteiger partial charge in [-0.2, -0.15) is 0 Å². The lowest BCUT2D eigenvalue weighted by atomic mass is 10.2. The number of nitrogen functional groups attached to an aromatic ring is 1. The van der Waals surface area contributed by atoms with E-state index in [0.717, 1.165) is 5.52 Å². The molecule has 0 fully saturated rings. The van der Waals surface area contributed by atoms with Crippen molar-refractivity contribution in [3.63, 3.8) is 0 Å². The number of nitrogens with zero attached hydrogens (tertiary/aromatic N) is 2. The second-order valence-corrected chi connectivity index (χ2v) is 4.99. The van der Waals surface area contributed by atoms with Gasteiger partial charge >= 0.3 is 0 Å². The van der Waals surface area contributed by atoms with Gasteiger partial charge in [0.05, 0.1) is 15.4 Å². The van der Waals surface area contributed by atoms with Crippen molar-refractivity contribution in [3.05, 3.63) is 53.0 Å². The smallest absolute Gasteiger partial charge is 0.230 e. The summed E-state index contributed by atoms with van der Waals surface area (Å²) in [6, 6.07) is 9.46. The molecule has 6 heteroatoms. The number of halogens is 2. The summed E-state index contributed by atoms with van der Waals surface area (Å²) in [6.45, 7) is 0. The minimum atomic E-state index is -0.346. The van der Waals surface area contributed by atoms with Gasteiger partial charge in [-0.05, 0) is 52.3 Å². The van der Waals surface area contributed by atoms with Gasteiger partial charge in [0.2, 0.25) is 5.88 Å². The Balaban J connectivity index is 2.08. The van der Waals surface area contributed by atoms with E-state index in [9.17, 15) is 4.39 Å². The zero-order valence-electron chi connectivity index (χ0n) is 10.2. The molecule has 0 radical (unpaired) electrons. The van der Waals surface area contributed by atoms with Gasteiger partial charge in [0.1, 0.15) is 17.9 Å². The number of nitrogens with two attached hydrogens (primary N) is 1. The summed E-state index contributed by atoms with van der Waals surface area (Å²) in [6.07, 6.45) is 1.41. The highest BCUT2D eigenvalue weighted by Gasteiger charge is 2.09. The van der Waals surface area contributed by atoms with Crippen LogP contribution < -0.4 is 10.5 Å². The van der Waals surface area contributed by atoms with Crippen LogP contribution in [0.25, 0.3) is 10.9 Å². The molecule has 0 spiro atoms. The Kier molecular flexibility index (Phi) is 3.23. The zero-order valence-corrected chi connectivity index (χ0v) is 11.8. The van der Waals surface area contributed by atoms with Gasteiger partial charge in [0, 0.05) is 5.69 Å². The summed E-state index contributed by atoms with van der Waals surface area (Å²) in [5, 5.41) is 0.698. The monoisotopic (exact) mass is 333 g/mol. The number of anilines is 1. The van der Waals surface area contributed by atoms with E-state index in [4.69, 9.17) is 10.5 Å². The number of benzene rings is 2. The van der Waals surface area contributed by atoms with Crippen molar-refractivity contribution in [1.82, 2.24) is 9.97 Å². The third-order valence-corrected chi connectivity index (χ3v) is 3.34. The Morgan fingerprint density at radius 1 is 1.10 bits per heavy atom. The number of hydrogen-bond donors (Lipinski definition) is 1. The summed E-state index contributed by atoms with van der Waals surface area (Å²) >= 11 is 3.25. The molecule has 0 saturated carbocycles. The SMILES string of the molecule is Nc1ccc2ncnc(Oc3ccc(F)cc3Br)c2c1. The summed E-state index contributed by atoms with van der Waals surface area (Å²) in [5.74, 6) is 0.490. The van der Waals surface area contributed by atoms with Gasteiger partial charge in [-0.15, -0.1) is 0 Å². The molecule has 0 aliphatic carbocycles. The average molecular weight is 334 g/mol. The van der Waals surface area contributed by atoms with E-state index in [0.29, 0.717) is 27.2 Å². The molecule has 1 heterocycles. The molecule has 3 aromatic rings. The highest BCUT2D eigenvalue weighted by atomic mass is 79.9. The maximum absolute atomic E-state index is 13.1. The van der Waals surface area contributed by atoms with Crippen LogP contribution in [0.5, 0.6) is 11.6 Å². The molecular formula is C14H9BrFN3O. The van der Waals surface area contributed by atoms with Crippen molar-refractivity contribution in [3.8, 4) is 11.6 Å². The fourth-order valence-electron chi connectivity index (χ4n) is 1.79. The summed E-state index contributed by atoms with van der Waals surface area (Å²) in [7, 11) is 0. The Bertz CT molecular complexity index is 794. The van der Waals surface area contributed by atoms with E-state index in [1.165, 1.54) is 24.5 Å². The Hall–Kier alpha value is -2.21. The highest BCUT2D eigenvalue weighted by molar-refractivity contribution is 9.10. The number of aromatic nitrogens is 2. The molecule has 3 rings (SSSR count). The molecule has 0 saturated heterocycles. The molecular weight excluding hydrogens is 325 g/mol. The van der Waals surface area contributed by atoms with E-state index < -0.39 is 0 Å². The number of hydrogen-bond acceptors (Lipinski definition) is 4. The highest BCUT2D eigenvalue weighted by Crippen LogP contribution is 2.32. The van der Waals surface area contributed by atoms with E-state index >= 15 is 0 Å². The number of ether oxygens (including phenoxy) is 1. The van der Waals surface area contributed by atoms with Crippen LogP contribution in [0.2, 0.25) is 0 Å². The molecule has 20 heavy (non-hydrogen) atoms. The van der Waals surface area contributed by atoms with E-state index in [1.807, 2.05) is 0 Å². The molecule has 0 bridgehead atoms. The topological polar surface area (TPSA) is 61.0 Å². The molecule has 0 atom stereocenters. The Morgan fingerprint density at radius 3 is 2.75 bits per heavy atom. The van der Waals surface area contributed by atoms with Crippen molar-refractivity contribution in [2.24, 2.45) is 0 Å². The molecule has 2 aromatic carbocycles. The predicted octanol–water partition coefficient (Wildman–Crippen LogP) is 3.91. The van der Waals surface area contributed by atoms with Crippen molar-refractivity contribution in [1.29, 1.82) is 0 Å². The van der Waals surface area contributed by atoms with Crippen LogP contribution in [0.15, 0.2) is 47.2 Å². The van der Waals surface area contributed by atoms with Crippen molar-refractivity contribution >= 4 is 32.5 Å². The van der Waals surface area contributed by atoms with Crippen molar-refractivity contribution in [2.45, 2.75) is 0 Å². The van der Waals surface area contributed by atoms with Gasteiger partial charge in [-0.25, -0.2) is 14.4 Å². The maximum Gasteiger partial charge on any atom is 0.230 e. The van der Waals surface area contributed by atoms with Gasteiger partial charge < -0.3 is 10.5 Å². The van der Waals surface area contributed by atoms with Crippen molar-refractivity contribution < 1.29 is 9.13 Å². The van der Waals surface area contributed by atoms with Crippen LogP contribution in [0.1, 0.15) is 0 Å². The first-order valence-electron chi connectivity index (χ1n) is 5.76. The molecule has 1 aromatic heterocycles. The first-order chi connectivity index (χ1) is 9.63. The molecule has 0 unspecified atom stereocenters. The standard InChI is InChI=1S/C14H9BrFN3O/c15-11-5-8(16)1-4-13(11)20-14-10-6-9(17)2-3-12(10)18-7-19-14/h1-7H,17H2.